The van der Waals surface area contributed by atoms with Crippen LogP contribution in [0.25, 0.3) is 0 Å². The molecule has 3 fully saturated rings. The maximum absolute atomic E-state index is 14.6. The van der Waals surface area contributed by atoms with Crippen molar-refractivity contribution in [1.29, 1.82) is 0 Å². The number of benzene rings is 6. The summed E-state index contributed by atoms with van der Waals surface area (Å²) in [5.74, 6) is -3.90. The molecule has 3 aliphatic rings. The number of carbonyl (C=O) groups excluding carboxylic acids is 5. The predicted molar refractivity (Wildman–Crippen MR) is 290 cm³/mol. The molecule has 10 atom stereocenters. The third-order valence-electron chi connectivity index (χ3n) is 13.6. The molecule has 3 aliphatic heterocycles. The minimum atomic E-state index is -3.41. The SMILES string of the molecule is CC(C)(C)[Si]1(C(C)(C)C)OC[C@H]2O[C@H](O[C@@H]3[C@H](OC(=O)c4ccccc4)[C@@H](OC(=O)c4ccccc4)[C@H](Sc4ccccc4)O[C@@H]3COC(=O)c3ccccc3)[C@H](OC(=O)c3ccccc3)[C@@H](OC(=O)c3ccccc3)[C@H]2O1. The number of hydrogen-bond acceptors (Lipinski definition) is 16. The number of esters is 5. The molecular weight excluding hydrogens is 1030 g/mol. The molecule has 0 amide bonds. The predicted octanol–water partition coefficient (Wildman–Crippen LogP) is 10.8. The Morgan fingerprint density at radius 3 is 1.29 bits per heavy atom. The Morgan fingerprint density at radius 2 is 0.859 bits per heavy atom. The first-order chi connectivity index (χ1) is 37.5. The van der Waals surface area contributed by atoms with Crippen LogP contribution in [0.15, 0.2) is 187 Å². The lowest BCUT2D eigenvalue weighted by Gasteiger charge is -2.58. The zero-order valence-electron chi connectivity index (χ0n) is 44.0. The van der Waals surface area contributed by atoms with Crippen molar-refractivity contribution in [3.63, 3.8) is 0 Å². The van der Waals surface area contributed by atoms with E-state index in [1.807, 2.05) is 71.9 Å². The third-order valence-corrected chi connectivity index (χ3v) is 19.9. The van der Waals surface area contributed by atoms with Gasteiger partial charge in [-0.3, -0.25) is 0 Å². The average molecular weight is 1100 g/mol. The van der Waals surface area contributed by atoms with Crippen LogP contribution in [0.2, 0.25) is 10.1 Å². The lowest BCUT2D eigenvalue weighted by Crippen LogP contribution is -2.73. The van der Waals surface area contributed by atoms with E-state index in [9.17, 15) is 24.0 Å². The van der Waals surface area contributed by atoms with E-state index in [0.29, 0.717) is 4.90 Å². The Hall–Kier alpha value is -6.96. The first-order valence-electron chi connectivity index (χ1n) is 25.8. The standard InChI is InChI=1S/C61H62O15SSi/c1-60(2,3)78(61(4,5)6)68-38-46-48(76-78)50(72-55(64)41-29-17-9-18-30-41)51(73-56(65)42-31-19-10-20-32-42)58(69-46)75-47-45(37-67-53(62)39-25-13-7-14-26-39)70-59(77-44-35-23-12-24-36-44)52(74-57(66)43-33-21-11-22-34-43)49(47)71-54(63)40-27-15-8-16-28-40/h7-36,45-52,58-59H,37-38H2,1-6H3/t45-,46-,47+,48+,49+,50+,51-,52-,58-,59+/m1/s1. The lowest BCUT2D eigenvalue weighted by molar-refractivity contribution is -0.340. The fraction of sp³-hybridized carbons (Fsp3) is 0.328. The van der Waals surface area contributed by atoms with E-state index in [1.54, 1.807) is 152 Å². The van der Waals surface area contributed by atoms with Gasteiger partial charge in [-0.1, -0.05) is 162 Å². The van der Waals surface area contributed by atoms with Crippen LogP contribution < -0.4 is 0 Å². The van der Waals surface area contributed by atoms with E-state index >= 15 is 0 Å². The van der Waals surface area contributed by atoms with Gasteiger partial charge in [0.2, 0.25) is 0 Å². The largest absolute Gasteiger partial charge is 0.459 e. The molecule has 0 aromatic heterocycles. The van der Waals surface area contributed by atoms with E-state index < -0.39 is 116 Å². The highest BCUT2D eigenvalue weighted by atomic mass is 32.2. The number of fused-ring (bicyclic) bond motifs is 1. The summed E-state index contributed by atoms with van der Waals surface area (Å²) in [6.07, 6.45) is -13.0. The fourth-order valence-electron chi connectivity index (χ4n) is 10.1. The molecule has 406 valence electrons. The summed E-state index contributed by atoms with van der Waals surface area (Å²) < 4.78 is 67.3. The summed E-state index contributed by atoms with van der Waals surface area (Å²) in [4.78, 5) is 72.7. The van der Waals surface area contributed by atoms with Gasteiger partial charge in [-0.25, -0.2) is 24.0 Å². The second-order valence-corrected chi connectivity index (χ2v) is 27.0. The zero-order chi connectivity index (χ0) is 55.0. The number of hydrogen-bond donors (Lipinski definition) is 0. The van der Waals surface area contributed by atoms with Gasteiger partial charge in [-0.15, -0.1) is 0 Å². The maximum Gasteiger partial charge on any atom is 0.349 e. The second-order valence-electron chi connectivity index (χ2n) is 21.0. The molecule has 78 heavy (non-hydrogen) atoms. The van der Waals surface area contributed by atoms with Gasteiger partial charge in [0, 0.05) is 15.0 Å². The molecule has 3 saturated heterocycles. The average Bonchev–Trinajstić information content (AvgIpc) is 3.62. The van der Waals surface area contributed by atoms with Crippen LogP contribution >= 0.6 is 11.8 Å². The summed E-state index contributed by atoms with van der Waals surface area (Å²) in [7, 11) is -3.41. The van der Waals surface area contributed by atoms with Crippen LogP contribution in [0.4, 0.5) is 0 Å². The third kappa shape index (κ3) is 12.6. The van der Waals surface area contributed by atoms with Crippen LogP contribution in [-0.4, -0.2) is 112 Å². The van der Waals surface area contributed by atoms with Crippen molar-refractivity contribution in [3.8, 4) is 0 Å². The number of rotatable bonds is 15. The Labute approximate surface area is 459 Å². The van der Waals surface area contributed by atoms with E-state index in [2.05, 4.69) is 0 Å². The van der Waals surface area contributed by atoms with Crippen LogP contribution in [0, 0.1) is 0 Å². The summed E-state index contributed by atoms with van der Waals surface area (Å²) in [6.45, 7) is 11.6. The van der Waals surface area contributed by atoms with Gasteiger partial charge in [0.05, 0.1) is 34.4 Å². The summed E-state index contributed by atoms with van der Waals surface area (Å²) in [5.41, 5.74) is -0.232. The molecule has 0 unspecified atom stereocenters. The van der Waals surface area contributed by atoms with Gasteiger partial charge in [0.25, 0.3) is 0 Å². The van der Waals surface area contributed by atoms with Crippen molar-refractivity contribution in [2.24, 2.45) is 0 Å². The molecule has 0 radical (unpaired) electrons. The molecule has 9 rings (SSSR count). The van der Waals surface area contributed by atoms with Crippen molar-refractivity contribution in [2.45, 2.75) is 117 Å². The summed E-state index contributed by atoms with van der Waals surface area (Å²) >= 11 is 1.18. The first-order valence-corrected chi connectivity index (χ1v) is 28.5. The normalized spacial score (nSPS) is 24.8. The molecule has 0 aliphatic carbocycles. The summed E-state index contributed by atoms with van der Waals surface area (Å²) in [6, 6.07) is 50.5. The van der Waals surface area contributed by atoms with Crippen LogP contribution in [0.1, 0.15) is 93.3 Å². The van der Waals surface area contributed by atoms with Gasteiger partial charge in [0.15, 0.2) is 30.7 Å². The quantitative estimate of drug-likeness (QED) is 0.0538. The Kier molecular flexibility index (Phi) is 17.4. The van der Waals surface area contributed by atoms with E-state index in [0.717, 1.165) is 0 Å². The molecule has 17 heteroatoms. The Balaban J connectivity index is 1.20. The number of ether oxygens (including phenoxy) is 8. The molecular formula is C61H62O15SSi. The smallest absolute Gasteiger partial charge is 0.349 e. The molecule has 3 heterocycles. The molecule has 0 saturated carbocycles. The molecule has 15 nitrogen and oxygen atoms in total. The van der Waals surface area contributed by atoms with Gasteiger partial charge in [-0.05, 0) is 72.8 Å². The highest BCUT2D eigenvalue weighted by Crippen LogP contribution is 2.55. The minimum Gasteiger partial charge on any atom is -0.459 e. The number of carbonyl (C=O) groups is 5. The molecule has 0 N–H and O–H groups in total. The van der Waals surface area contributed by atoms with Crippen LogP contribution in [-0.2, 0) is 46.7 Å². The van der Waals surface area contributed by atoms with E-state index in [4.69, 9.17) is 46.7 Å². The fourth-order valence-corrected chi connectivity index (χ4v) is 16.1. The molecule has 0 bridgehead atoms. The van der Waals surface area contributed by atoms with Gasteiger partial charge < -0.3 is 46.7 Å². The first kappa shape index (κ1) is 55.8. The van der Waals surface area contributed by atoms with E-state index in [-0.39, 0.29) is 34.4 Å². The lowest BCUT2D eigenvalue weighted by atomic mass is 9.96. The highest BCUT2D eigenvalue weighted by molar-refractivity contribution is 7.99. The minimum absolute atomic E-state index is 0.0666. The van der Waals surface area contributed by atoms with Gasteiger partial charge >= 0.3 is 38.4 Å². The van der Waals surface area contributed by atoms with Crippen molar-refractivity contribution >= 4 is 50.2 Å². The van der Waals surface area contributed by atoms with Gasteiger partial charge in [-0.2, -0.15) is 0 Å². The Bertz CT molecular complexity index is 2960. The van der Waals surface area contributed by atoms with Gasteiger partial charge in [0.1, 0.15) is 36.5 Å². The van der Waals surface area contributed by atoms with Crippen LogP contribution in [0.3, 0.4) is 0 Å². The second kappa shape index (κ2) is 24.4. The highest BCUT2D eigenvalue weighted by Gasteiger charge is 2.66. The Morgan fingerprint density at radius 1 is 0.474 bits per heavy atom. The van der Waals surface area contributed by atoms with Crippen molar-refractivity contribution in [3.05, 3.63) is 210 Å². The molecule has 0 spiro atoms. The number of thioether (sulfide) groups is 1. The molecule has 6 aromatic carbocycles. The summed E-state index contributed by atoms with van der Waals surface area (Å²) in [5, 5.41) is -1.12. The van der Waals surface area contributed by atoms with Crippen LogP contribution in [0.5, 0.6) is 0 Å². The molecule has 6 aromatic rings. The topological polar surface area (TPSA) is 178 Å². The zero-order valence-corrected chi connectivity index (χ0v) is 45.9. The van der Waals surface area contributed by atoms with Crippen molar-refractivity contribution in [2.75, 3.05) is 13.2 Å². The monoisotopic (exact) mass is 1090 g/mol. The van der Waals surface area contributed by atoms with Crippen molar-refractivity contribution < 1.29 is 70.7 Å². The van der Waals surface area contributed by atoms with E-state index in [1.165, 1.54) is 11.8 Å². The maximum atomic E-state index is 14.6. The van der Waals surface area contributed by atoms with Crippen molar-refractivity contribution in [1.82, 2.24) is 0 Å².